The van der Waals surface area contributed by atoms with E-state index in [4.69, 9.17) is 0 Å². The van der Waals surface area contributed by atoms with E-state index < -0.39 is 10.9 Å². The zero-order chi connectivity index (χ0) is 17.9. The molecule has 0 unspecified atom stereocenters. The van der Waals surface area contributed by atoms with E-state index >= 15 is 0 Å². The molecule has 132 valence electrons. The van der Waals surface area contributed by atoms with Crippen LogP contribution in [-0.2, 0) is 6.54 Å². The van der Waals surface area contributed by atoms with Gasteiger partial charge in [0.05, 0.1) is 23.5 Å². The predicted octanol–water partition coefficient (Wildman–Crippen LogP) is 2.42. The molecule has 0 aliphatic carbocycles. The molecule has 5 nitrogen and oxygen atoms in total. The van der Waals surface area contributed by atoms with Crippen molar-refractivity contribution in [2.75, 3.05) is 18.4 Å². The van der Waals surface area contributed by atoms with Crippen molar-refractivity contribution in [1.29, 1.82) is 0 Å². The fourth-order valence-corrected chi connectivity index (χ4v) is 3.59. The van der Waals surface area contributed by atoms with Gasteiger partial charge in [0.1, 0.15) is 0 Å². The first-order chi connectivity index (χ1) is 12.7. The molecule has 4 rings (SSSR count). The van der Waals surface area contributed by atoms with Gasteiger partial charge < -0.3 is 10.6 Å². The monoisotopic (exact) mass is 347 g/mol. The van der Waals surface area contributed by atoms with Crippen molar-refractivity contribution in [3.05, 3.63) is 80.4 Å². The Labute approximate surface area is 151 Å². The Bertz CT molecular complexity index is 951. The van der Waals surface area contributed by atoms with Gasteiger partial charge in [0.2, 0.25) is 10.9 Å². The van der Waals surface area contributed by atoms with Crippen LogP contribution < -0.4 is 21.5 Å². The van der Waals surface area contributed by atoms with Gasteiger partial charge in [-0.05, 0) is 55.1 Å². The minimum absolute atomic E-state index is 0.398. The van der Waals surface area contributed by atoms with Gasteiger partial charge in [-0.2, -0.15) is 0 Å². The molecule has 26 heavy (non-hydrogen) atoms. The molecule has 2 N–H and O–H groups in total. The van der Waals surface area contributed by atoms with Crippen LogP contribution >= 0.6 is 0 Å². The number of rotatable bonds is 5. The predicted molar refractivity (Wildman–Crippen MR) is 103 cm³/mol. The quantitative estimate of drug-likeness (QED) is 0.694. The summed E-state index contributed by atoms with van der Waals surface area (Å²) in [4.78, 5) is 28.3. The lowest BCUT2D eigenvalue weighted by molar-refractivity contribution is 0.460. The third-order valence-electron chi connectivity index (χ3n) is 5.09. The number of pyridine rings is 1. The molecule has 0 atom stereocenters. The summed E-state index contributed by atoms with van der Waals surface area (Å²) in [5.74, 6) is 0.569. The maximum Gasteiger partial charge on any atom is 0.250 e. The first-order valence-corrected chi connectivity index (χ1v) is 9.02. The van der Waals surface area contributed by atoms with Crippen LogP contribution in [0.25, 0.3) is 11.1 Å². The van der Waals surface area contributed by atoms with Crippen LogP contribution in [0, 0.1) is 0 Å². The average Bonchev–Trinajstić information content (AvgIpc) is 2.72. The molecular weight excluding hydrogens is 326 g/mol. The summed E-state index contributed by atoms with van der Waals surface area (Å²) < 4.78 is 0. The largest absolute Gasteiger partial charge is 0.375 e. The molecule has 0 spiro atoms. The molecule has 5 heteroatoms. The Morgan fingerprint density at radius 2 is 1.77 bits per heavy atom. The van der Waals surface area contributed by atoms with Gasteiger partial charge in [-0.1, -0.05) is 30.3 Å². The molecule has 1 aliphatic heterocycles. The molecule has 0 saturated carbocycles. The van der Waals surface area contributed by atoms with Crippen molar-refractivity contribution >= 4 is 5.69 Å². The van der Waals surface area contributed by atoms with Gasteiger partial charge in [0.15, 0.2) is 0 Å². The molecule has 3 aromatic rings. The van der Waals surface area contributed by atoms with Crippen molar-refractivity contribution in [2.24, 2.45) is 0 Å². The van der Waals surface area contributed by atoms with Crippen LogP contribution in [0.2, 0.25) is 0 Å². The molecule has 1 aliphatic rings. The van der Waals surface area contributed by atoms with E-state index in [1.807, 2.05) is 30.3 Å². The lowest BCUT2D eigenvalue weighted by Gasteiger charge is -2.23. The third kappa shape index (κ3) is 3.18. The summed E-state index contributed by atoms with van der Waals surface area (Å²) in [6.45, 7) is 2.52. The lowest BCUT2D eigenvalue weighted by atomic mass is 9.88. The zero-order valence-corrected chi connectivity index (χ0v) is 14.5. The normalized spacial score (nSPS) is 15.2. The molecule has 1 fully saturated rings. The number of nitrogens with one attached hydrogen (secondary N) is 2. The van der Waals surface area contributed by atoms with E-state index in [9.17, 15) is 9.59 Å². The van der Waals surface area contributed by atoms with Crippen LogP contribution in [0.3, 0.4) is 0 Å². The summed E-state index contributed by atoms with van der Waals surface area (Å²) in [6, 6.07) is 13.7. The molecule has 2 aromatic carbocycles. The molecule has 1 saturated heterocycles. The Morgan fingerprint density at radius 1 is 1.00 bits per heavy atom. The van der Waals surface area contributed by atoms with Crippen molar-refractivity contribution in [3.8, 4) is 11.1 Å². The van der Waals surface area contributed by atoms with Crippen molar-refractivity contribution in [2.45, 2.75) is 25.3 Å². The van der Waals surface area contributed by atoms with Crippen LogP contribution in [0.5, 0.6) is 0 Å². The summed E-state index contributed by atoms with van der Waals surface area (Å²) in [7, 11) is 0. The molecule has 0 amide bonds. The van der Waals surface area contributed by atoms with E-state index in [0.717, 1.165) is 37.2 Å². The molecule has 1 aromatic heterocycles. The van der Waals surface area contributed by atoms with Crippen LogP contribution in [-0.4, -0.2) is 18.1 Å². The standard InChI is InChI=1S/C21H21N3O2/c25-20-18(19(21(20)26)24-13-17-3-1-2-10-23-17)16-6-4-14(5-7-16)15-8-11-22-12-9-15/h1-7,10,15,22,24H,8-9,11-13H2. The topological polar surface area (TPSA) is 71.1 Å². The first-order valence-electron chi connectivity index (χ1n) is 9.02. The number of aromatic nitrogens is 1. The van der Waals surface area contributed by atoms with E-state index in [1.54, 1.807) is 6.20 Å². The van der Waals surface area contributed by atoms with Crippen molar-refractivity contribution in [3.63, 3.8) is 0 Å². The molecule has 0 radical (unpaired) electrons. The zero-order valence-electron chi connectivity index (χ0n) is 14.5. The Balaban J connectivity index is 1.53. The summed E-state index contributed by atoms with van der Waals surface area (Å²) in [6.07, 6.45) is 3.98. The third-order valence-corrected chi connectivity index (χ3v) is 5.09. The van der Waals surface area contributed by atoms with Gasteiger partial charge in [-0.3, -0.25) is 14.6 Å². The second-order valence-corrected chi connectivity index (χ2v) is 6.73. The highest BCUT2D eigenvalue weighted by molar-refractivity contribution is 5.81. The number of anilines is 1. The number of hydrogen-bond acceptors (Lipinski definition) is 5. The second-order valence-electron chi connectivity index (χ2n) is 6.73. The molecule has 0 bridgehead atoms. The Morgan fingerprint density at radius 3 is 2.46 bits per heavy atom. The van der Waals surface area contributed by atoms with Crippen LogP contribution in [0.1, 0.15) is 30.0 Å². The van der Waals surface area contributed by atoms with Gasteiger partial charge in [0.25, 0.3) is 0 Å². The summed E-state index contributed by atoms with van der Waals surface area (Å²) in [5.41, 5.74) is 2.96. The summed E-state index contributed by atoms with van der Waals surface area (Å²) >= 11 is 0. The smallest absolute Gasteiger partial charge is 0.250 e. The minimum Gasteiger partial charge on any atom is -0.375 e. The Kier molecular flexibility index (Phi) is 4.63. The highest BCUT2D eigenvalue weighted by Gasteiger charge is 2.22. The maximum atomic E-state index is 12.1. The van der Waals surface area contributed by atoms with E-state index in [-0.39, 0.29) is 0 Å². The maximum absolute atomic E-state index is 12.1. The Hall–Kier alpha value is -2.79. The SMILES string of the molecule is O=c1c(NCc2ccccn2)c(-c2ccc(C3CCNCC3)cc2)c1=O. The van der Waals surface area contributed by atoms with Gasteiger partial charge in [-0.15, -0.1) is 0 Å². The first kappa shape index (κ1) is 16.7. The molecular formula is C21H21N3O2. The van der Waals surface area contributed by atoms with E-state index in [0.29, 0.717) is 23.7 Å². The van der Waals surface area contributed by atoms with E-state index in [1.165, 1.54) is 5.56 Å². The van der Waals surface area contributed by atoms with E-state index in [2.05, 4.69) is 27.8 Å². The fourth-order valence-electron chi connectivity index (χ4n) is 3.59. The average molecular weight is 347 g/mol. The summed E-state index contributed by atoms with van der Waals surface area (Å²) in [5, 5.41) is 6.45. The number of benzene rings is 1. The second kappa shape index (κ2) is 7.22. The minimum atomic E-state index is -0.446. The van der Waals surface area contributed by atoms with Gasteiger partial charge >= 0.3 is 0 Å². The number of hydrogen-bond donors (Lipinski definition) is 2. The fraction of sp³-hybridized carbons (Fsp3) is 0.286. The highest BCUT2D eigenvalue weighted by atomic mass is 16.2. The van der Waals surface area contributed by atoms with Crippen LogP contribution in [0.15, 0.2) is 58.3 Å². The number of piperidine rings is 1. The van der Waals surface area contributed by atoms with Gasteiger partial charge in [-0.25, -0.2) is 0 Å². The van der Waals surface area contributed by atoms with Gasteiger partial charge in [0, 0.05) is 6.20 Å². The van der Waals surface area contributed by atoms with Crippen molar-refractivity contribution < 1.29 is 0 Å². The highest BCUT2D eigenvalue weighted by Crippen LogP contribution is 2.29. The van der Waals surface area contributed by atoms with Crippen LogP contribution in [0.4, 0.5) is 5.69 Å². The lowest BCUT2D eigenvalue weighted by Crippen LogP contribution is -2.36. The number of nitrogens with zero attached hydrogens (tertiary/aromatic N) is 1. The van der Waals surface area contributed by atoms with Crippen molar-refractivity contribution in [1.82, 2.24) is 10.3 Å². The molecule has 2 heterocycles.